The molecule has 1 saturated heterocycles. The van der Waals surface area contributed by atoms with Gasteiger partial charge in [-0.1, -0.05) is 51.5 Å². The molecule has 2 aliphatic heterocycles. The number of hydrogen-bond donors (Lipinski definition) is 2. The number of nitrogens with one attached hydrogen (secondary N) is 2. The summed E-state index contributed by atoms with van der Waals surface area (Å²) < 4.78 is 7.02. The lowest BCUT2D eigenvalue weighted by atomic mass is 9.87. The van der Waals surface area contributed by atoms with Crippen molar-refractivity contribution < 1.29 is 4.74 Å². The van der Waals surface area contributed by atoms with Crippen molar-refractivity contribution in [2.75, 3.05) is 19.7 Å². The van der Waals surface area contributed by atoms with Gasteiger partial charge in [-0.05, 0) is 40.0 Å². The number of hydrogen-bond acceptors (Lipinski definition) is 4. The van der Waals surface area contributed by atoms with Crippen molar-refractivity contribution in [3.8, 4) is 5.75 Å². The summed E-state index contributed by atoms with van der Waals surface area (Å²) in [5.74, 6) is 1.41. The number of nitrogens with zero attached hydrogens (tertiary/aromatic N) is 1. The quantitative estimate of drug-likeness (QED) is 0.510. The number of hydrazone groups is 1. The number of benzene rings is 1. The molecule has 2 atom stereocenters. The first kappa shape index (κ1) is 19.7. The minimum atomic E-state index is 0.270. The third-order valence-electron chi connectivity index (χ3n) is 5.42. The van der Waals surface area contributed by atoms with Gasteiger partial charge in [-0.3, -0.25) is 0 Å². The average Bonchev–Trinajstić information content (AvgIpc) is 3.09. The number of rotatable bonds is 10. The van der Waals surface area contributed by atoms with E-state index in [0.29, 0.717) is 5.92 Å². The summed E-state index contributed by atoms with van der Waals surface area (Å²) in [6, 6.07) is 6.73. The maximum absolute atomic E-state index is 5.98. The number of piperidine rings is 1. The second kappa shape index (κ2) is 10.3. The van der Waals surface area contributed by atoms with Crippen LogP contribution in [0.25, 0.3) is 0 Å². The first-order valence-electron chi connectivity index (χ1n) is 10.2. The van der Waals surface area contributed by atoms with E-state index in [2.05, 4.69) is 56.9 Å². The number of halogens is 1. The van der Waals surface area contributed by atoms with E-state index in [1.807, 2.05) is 0 Å². The van der Waals surface area contributed by atoms with Gasteiger partial charge in [0.1, 0.15) is 5.75 Å². The molecule has 2 unspecified atom stereocenters. The van der Waals surface area contributed by atoms with Gasteiger partial charge in [0.15, 0.2) is 0 Å². The summed E-state index contributed by atoms with van der Waals surface area (Å²) >= 11 is 3.69. The summed E-state index contributed by atoms with van der Waals surface area (Å²) in [7, 11) is 0. The van der Waals surface area contributed by atoms with E-state index >= 15 is 0 Å². The van der Waals surface area contributed by atoms with E-state index in [0.717, 1.165) is 42.8 Å². The molecule has 5 heteroatoms. The van der Waals surface area contributed by atoms with Crippen LogP contribution in [-0.2, 0) is 0 Å². The van der Waals surface area contributed by atoms with E-state index in [-0.39, 0.29) is 6.04 Å². The van der Waals surface area contributed by atoms with Gasteiger partial charge in [0.25, 0.3) is 0 Å². The Balaban J connectivity index is 1.43. The van der Waals surface area contributed by atoms with Gasteiger partial charge in [0, 0.05) is 31.1 Å². The number of fused-ring (bicyclic) bond motifs is 1. The Morgan fingerprint density at radius 2 is 1.96 bits per heavy atom. The minimum Gasteiger partial charge on any atom is -0.492 e. The summed E-state index contributed by atoms with van der Waals surface area (Å²) in [6.07, 6.45) is 10.2. The Hall–Kier alpha value is -1.07. The van der Waals surface area contributed by atoms with Crippen molar-refractivity contribution in [3.05, 3.63) is 28.2 Å². The van der Waals surface area contributed by atoms with Gasteiger partial charge in [0.2, 0.25) is 0 Å². The fraction of sp³-hybridized carbons (Fsp3) is 0.667. The first-order valence-corrected chi connectivity index (χ1v) is 11.0. The summed E-state index contributed by atoms with van der Waals surface area (Å²) in [6.45, 7) is 5.11. The third-order valence-corrected chi connectivity index (χ3v) is 6.04. The number of ether oxygens (including phenoxy) is 1. The Morgan fingerprint density at radius 3 is 2.77 bits per heavy atom. The summed E-state index contributed by atoms with van der Waals surface area (Å²) in [5.41, 5.74) is 5.91. The van der Waals surface area contributed by atoms with Crippen LogP contribution in [0.3, 0.4) is 0 Å². The molecule has 1 aromatic carbocycles. The highest BCUT2D eigenvalue weighted by Gasteiger charge is 2.34. The lowest BCUT2D eigenvalue weighted by Crippen LogP contribution is -2.38. The van der Waals surface area contributed by atoms with Gasteiger partial charge < -0.3 is 15.5 Å². The predicted octanol–water partition coefficient (Wildman–Crippen LogP) is 5.19. The lowest BCUT2D eigenvalue weighted by molar-refractivity contribution is 0.302. The third kappa shape index (κ3) is 5.23. The fourth-order valence-corrected chi connectivity index (χ4v) is 4.36. The Kier molecular flexibility index (Phi) is 7.81. The molecule has 26 heavy (non-hydrogen) atoms. The van der Waals surface area contributed by atoms with Crippen molar-refractivity contribution in [2.24, 2.45) is 11.0 Å². The zero-order valence-corrected chi connectivity index (χ0v) is 17.5. The van der Waals surface area contributed by atoms with E-state index in [1.165, 1.54) is 49.8 Å². The molecule has 0 aromatic heterocycles. The second-order valence-corrected chi connectivity index (χ2v) is 8.28. The molecule has 0 saturated carbocycles. The van der Waals surface area contributed by atoms with Gasteiger partial charge in [-0.15, -0.1) is 0 Å². The van der Waals surface area contributed by atoms with Crippen LogP contribution in [0.1, 0.15) is 69.9 Å². The Bertz CT molecular complexity index is 605. The smallest absolute Gasteiger partial charge is 0.133 e. The molecule has 0 spiro atoms. The standard InChI is InChI=1S/C21H32BrN3O/c1-2-3-4-5-6-7-8-13-26-20-10-9-16(14-18(20)22)21-17-15-23-12-11-19(17)24-25-21/h9-10,14,17,21,23,25H,2-8,11-13,15H2,1H3. The van der Waals surface area contributed by atoms with Crippen LogP contribution in [0, 0.1) is 5.92 Å². The molecule has 2 N–H and O–H groups in total. The van der Waals surface area contributed by atoms with E-state index in [9.17, 15) is 0 Å². The molecule has 4 nitrogen and oxygen atoms in total. The summed E-state index contributed by atoms with van der Waals surface area (Å²) in [5, 5.41) is 8.02. The zero-order valence-electron chi connectivity index (χ0n) is 15.9. The molecule has 3 rings (SSSR count). The molecule has 0 radical (unpaired) electrons. The molecule has 0 bridgehead atoms. The van der Waals surface area contributed by atoms with Crippen LogP contribution in [-0.4, -0.2) is 25.4 Å². The van der Waals surface area contributed by atoms with E-state index in [1.54, 1.807) is 0 Å². The van der Waals surface area contributed by atoms with Crippen LogP contribution in [0.4, 0.5) is 0 Å². The van der Waals surface area contributed by atoms with Gasteiger partial charge >= 0.3 is 0 Å². The topological polar surface area (TPSA) is 45.6 Å². The summed E-state index contributed by atoms with van der Waals surface area (Å²) in [4.78, 5) is 0. The van der Waals surface area contributed by atoms with Gasteiger partial charge in [0.05, 0.1) is 17.1 Å². The average molecular weight is 422 g/mol. The Labute approximate surface area is 166 Å². The van der Waals surface area contributed by atoms with Crippen LogP contribution >= 0.6 is 15.9 Å². The van der Waals surface area contributed by atoms with Crippen LogP contribution < -0.4 is 15.5 Å². The maximum atomic E-state index is 5.98. The molecule has 2 aliphatic rings. The maximum Gasteiger partial charge on any atom is 0.133 e. The van der Waals surface area contributed by atoms with Crippen molar-refractivity contribution in [2.45, 2.75) is 64.3 Å². The Morgan fingerprint density at radius 1 is 1.15 bits per heavy atom. The molecule has 0 amide bonds. The molecule has 1 aromatic rings. The van der Waals surface area contributed by atoms with E-state index < -0.39 is 0 Å². The zero-order chi connectivity index (χ0) is 18.2. The minimum absolute atomic E-state index is 0.270. The fourth-order valence-electron chi connectivity index (χ4n) is 3.84. The van der Waals surface area contributed by atoms with Crippen molar-refractivity contribution in [1.82, 2.24) is 10.7 Å². The molecule has 1 fully saturated rings. The van der Waals surface area contributed by atoms with Crippen molar-refractivity contribution in [1.29, 1.82) is 0 Å². The molecular weight excluding hydrogens is 390 g/mol. The van der Waals surface area contributed by atoms with Gasteiger partial charge in [-0.2, -0.15) is 5.10 Å². The number of unbranched alkanes of at least 4 members (excludes halogenated alkanes) is 6. The highest BCUT2D eigenvalue weighted by Crippen LogP contribution is 2.34. The van der Waals surface area contributed by atoms with Crippen molar-refractivity contribution >= 4 is 21.6 Å². The van der Waals surface area contributed by atoms with Gasteiger partial charge in [-0.25, -0.2) is 0 Å². The normalized spacial score (nSPS) is 21.8. The van der Waals surface area contributed by atoms with Crippen LogP contribution in [0.15, 0.2) is 27.8 Å². The van der Waals surface area contributed by atoms with Crippen molar-refractivity contribution in [3.63, 3.8) is 0 Å². The molecular formula is C21H32BrN3O. The SMILES string of the molecule is CCCCCCCCCOc1ccc(C2NN=C3CCNCC32)cc1Br. The monoisotopic (exact) mass is 421 g/mol. The lowest BCUT2D eigenvalue weighted by Gasteiger charge is -2.25. The predicted molar refractivity (Wildman–Crippen MR) is 112 cm³/mol. The molecule has 144 valence electrons. The first-order chi connectivity index (χ1) is 12.8. The largest absolute Gasteiger partial charge is 0.492 e. The highest BCUT2D eigenvalue weighted by atomic mass is 79.9. The van der Waals surface area contributed by atoms with E-state index in [4.69, 9.17) is 4.74 Å². The highest BCUT2D eigenvalue weighted by molar-refractivity contribution is 9.10. The van der Waals surface area contributed by atoms with Crippen LogP contribution in [0.2, 0.25) is 0 Å². The second-order valence-electron chi connectivity index (χ2n) is 7.43. The molecule has 0 aliphatic carbocycles. The molecule has 2 heterocycles. The van der Waals surface area contributed by atoms with Crippen LogP contribution in [0.5, 0.6) is 5.75 Å².